The molecule has 19 heavy (non-hydrogen) atoms. The van der Waals surface area contributed by atoms with Gasteiger partial charge in [-0.15, -0.1) is 0 Å². The van der Waals surface area contributed by atoms with Crippen molar-refractivity contribution in [1.82, 2.24) is 0 Å². The minimum Gasteiger partial charge on any atom is -0.463 e. The second-order valence-corrected chi connectivity index (χ2v) is 11.1. The Bertz CT molecular complexity index is 344. The van der Waals surface area contributed by atoms with Gasteiger partial charge < -0.3 is 13.9 Å². The molecule has 0 aromatic carbocycles. The summed E-state index contributed by atoms with van der Waals surface area (Å²) in [4.78, 5) is 11.1. The highest BCUT2D eigenvalue weighted by Gasteiger charge is 2.42. The van der Waals surface area contributed by atoms with Crippen molar-refractivity contribution in [3.05, 3.63) is 12.2 Å². The van der Waals surface area contributed by atoms with E-state index in [2.05, 4.69) is 33.9 Å². The summed E-state index contributed by atoms with van der Waals surface area (Å²) in [5.41, 5.74) is 0. The molecule has 0 bridgehead atoms. The molecule has 0 saturated carbocycles. The van der Waals surface area contributed by atoms with Crippen molar-refractivity contribution in [3.8, 4) is 0 Å². The average Bonchev–Trinajstić information content (AvgIpc) is 3.01. The maximum Gasteiger partial charge on any atom is 0.330 e. The molecule has 0 aromatic rings. The number of epoxide rings is 1. The van der Waals surface area contributed by atoms with Crippen LogP contribution in [0.25, 0.3) is 0 Å². The van der Waals surface area contributed by atoms with E-state index in [0.29, 0.717) is 13.2 Å². The Kier molecular flexibility index (Phi) is 5.35. The first-order valence-electron chi connectivity index (χ1n) is 6.82. The Labute approximate surface area is 117 Å². The van der Waals surface area contributed by atoms with E-state index in [1.807, 2.05) is 0 Å². The zero-order valence-electron chi connectivity index (χ0n) is 12.9. The van der Waals surface area contributed by atoms with Gasteiger partial charge in [0.15, 0.2) is 8.32 Å². The second kappa shape index (κ2) is 6.20. The molecule has 110 valence electrons. The topological polar surface area (TPSA) is 48.1 Å². The monoisotopic (exact) mass is 286 g/mol. The fourth-order valence-corrected chi connectivity index (χ4v) is 2.34. The highest BCUT2D eigenvalue weighted by molar-refractivity contribution is 6.74. The zero-order chi connectivity index (χ0) is 14.7. The molecular formula is C14H26O4Si. The van der Waals surface area contributed by atoms with Crippen LogP contribution in [0.3, 0.4) is 0 Å². The van der Waals surface area contributed by atoms with Crippen molar-refractivity contribution >= 4 is 14.3 Å². The first-order chi connectivity index (χ1) is 8.67. The number of ether oxygens (including phenoxy) is 2. The summed E-state index contributed by atoms with van der Waals surface area (Å²) < 4.78 is 16.3. The zero-order valence-corrected chi connectivity index (χ0v) is 13.9. The summed E-state index contributed by atoms with van der Waals surface area (Å²) in [6.07, 6.45) is 3.26. The fourth-order valence-electron chi connectivity index (χ4n) is 1.33. The summed E-state index contributed by atoms with van der Waals surface area (Å²) in [5.74, 6) is -0.318. The lowest BCUT2D eigenvalue weighted by molar-refractivity contribution is -0.137. The van der Waals surface area contributed by atoms with Gasteiger partial charge in [0.2, 0.25) is 0 Å². The molecule has 1 aliphatic heterocycles. The van der Waals surface area contributed by atoms with Gasteiger partial charge in [-0.05, 0) is 31.1 Å². The van der Waals surface area contributed by atoms with Crippen molar-refractivity contribution in [3.63, 3.8) is 0 Å². The fraction of sp³-hybridized carbons (Fsp3) is 0.786. The van der Waals surface area contributed by atoms with Crippen LogP contribution >= 0.6 is 0 Å². The maximum absolute atomic E-state index is 11.1. The van der Waals surface area contributed by atoms with Crippen LogP contribution in [-0.4, -0.2) is 39.7 Å². The van der Waals surface area contributed by atoms with Crippen LogP contribution in [0, 0.1) is 0 Å². The maximum atomic E-state index is 11.1. The Morgan fingerprint density at radius 1 is 1.37 bits per heavy atom. The van der Waals surface area contributed by atoms with Gasteiger partial charge in [-0.25, -0.2) is 4.79 Å². The van der Waals surface area contributed by atoms with E-state index in [9.17, 15) is 4.79 Å². The Balaban J connectivity index is 2.30. The van der Waals surface area contributed by atoms with Gasteiger partial charge in [-0.1, -0.05) is 20.8 Å². The van der Waals surface area contributed by atoms with E-state index in [0.717, 1.165) is 0 Å². The van der Waals surface area contributed by atoms with E-state index < -0.39 is 8.32 Å². The number of hydrogen-bond donors (Lipinski definition) is 0. The van der Waals surface area contributed by atoms with Gasteiger partial charge >= 0.3 is 5.97 Å². The third-order valence-electron chi connectivity index (χ3n) is 3.74. The summed E-state index contributed by atoms with van der Waals surface area (Å²) in [6.45, 7) is 13.9. The lowest BCUT2D eigenvalue weighted by Gasteiger charge is -2.35. The number of carbonyl (C=O) groups excluding carboxylic acids is 1. The highest BCUT2D eigenvalue weighted by Crippen LogP contribution is 2.37. The molecule has 1 aliphatic rings. The smallest absolute Gasteiger partial charge is 0.330 e. The Morgan fingerprint density at radius 3 is 2.53 bits per heavy atom. The van der Waals surface area contributed by atoms with Gasteiger partial charge in [0.25, 0.3) is 0 Å². The molecule has 1 fully saturated rings. The van der Waals surface area contributed by atoms with Gasteiger partial charge in [0, 0.05) is 6.08 Å². The van der Waals surface area contributed by atoms with Crippen molar-refractivity contribution < 1.29 is 18.7 Å². The molecule has 4 nitrogen and oxygen atoms in total. The molecule has 5 heteroatoms. The van der Waals surface area contributed by atoms with Crippen molar-refractivity contribution in [2.24, 2.45) is 0 Å². The van der Waals surface area contributed by atoms with E-state index in [1.54, 1.807) is 13.0 Å². The third-order valence-corrected chi connectivity index (χ3v) is 8.25. The Hall–Kier alpha value is -0.653. The van der Waals surface area contributed by atoms with E-state index in [1.165, 1.54) is 6.08 Å². The first-order valence-corrected chi connectivity index (χ1v) is 9.72. The number of carbonyl (C=O) groups is 1. The predicted octanol–water partition coefficient (Wildman–Crippen LogP) is 2.89. The van der Waals surface area contributed by atoms with Crippen molar-refractivity contribution in [1.29, 1.82) is 0 Å². The minimum atomic E-state index is -1.71. The minimum absolute atomic E-state index is 0.00539. The molecule has 0 N–H and O–H groups in total. The molecule has 1 saturated heterocycles. The molecule has 0 unspecified atom stereocenters. The predicted molar refractivity (Wildman–Crippen MR) is 77.6 cm³/mol. The molecule has 1 heterocycles. The second-order valence-electron chi connectivity index (χ2n) is 6.32. The van der Waals surface area contributed by atoms with Crippen molar-refractivity contribution in [2.45, 2.75) is 58.0 Å². The molecule has 2 atom stereocenters. The Morgan fingerprint density at radius 2 is 2.00 bits per heavy atom. The summed E-state index contributed by atoms with van der Waals surface area (Å²) in [7, 11) is -1.71. The largest absolute Gasteiger partial charge is 0.463 e. The van der Waals surface area contributed by atoms with Crippen LogP contribution in [0.5, 0.6) is 0 Å². The number of hydrogen-bond acceptors (Lipinski definition) is 4. The normalized spacial score (nSPS) is 23.7. The molecule has 0 aromatic heterocycles. The van der Waals surface area contributed by atoms with E-state index in [-0.39, 0.29) is 23.2 Å². The lowest BCUT2D eigenvalue weighted by atomic mass is 10.2. The highest BCUT2D eigenvalue weighted by atomic mass is 28.4. The van der Waals surface area contributed by atoms with Crippen LogP contribution in [0.15, 0.2) is 12.2 Å². The van der Waals surface area contributed by atoms with E-state index >= 15 is 0 Å². The SMILES string of the molecule is CCOC(=O)/C=C/[C@H]1O[C@H]1CO[Si](C)(C)C(C)(C)C. The molecular weight excluding hydrogens is 260 g/mol. The molecule has 0 radical (unpaired) electrons. The number of rotatable bonds is 6. The molecule has 0 aliphatic carbocycles. The van der Waals surface area contributed by atoms with Gasteiger partial charge in [0.05, 0.1) is 13.2 Å². The van der Waals surface area contributed by atoms with E-state index in [4.69, 9.17) is 13.9 Å². The molecule has 0 amide bonds. The third kappa shape index (κ3) is 5.08. The summed E-state index contributed by atoms with van der Waals surface area (Å²) in [5, 5.41) is 0.207. The van der Waals surface area contributed by atoms with Gasteiger partial charge in [-0.3, -0.25) is 0 Å². The van der Waals surface area contributed by atoms with Crippen LogP contribution in [-0.2, 0) is 18.7 Å². The van der Waals surface area contributed by atoms with Crippen LogP contribution in [0.1, 0.15) is 27.7 Å². The average molecular weight is 286 g/mol. The van der Waals surface area contributed by atoms with Crippen molar-refractivity contribution in [2.75, 3.05) is 13.2 Å². The quantitative estimate of drug-likeness (QED) is 0.326. The van der Waals surface area contributed by atoms with Crippen LogP contribution in [0.4, 0.5) is 0 Å². The standard InChI is InChI=1S/C14H26O4Si/c1-7-16-13(15)9-8-11-12(18-11)10-17-19(5,6)14(2,3)4/h8-9,11-12H,7,10H2,1-6H3/b9-8+/t11-,12+/m1/s1. The van der Waals surface area contributed by atoms with Crippen LogP contribution < -0.4 is 0 Å². The van der Waals surface area contributed by atoms with Gasteiger partial charge in [0.1, 0.15) is 12.2 Å². The van der Waals surface area contributed by atoms with Gasteiger partial charge in [-0.2, -0.15) is 0 Å². The number of esters is 1. The van der Waals surface area contributed by atoms with Crippen LogP contribution in [0.2, 0.25) is 18.1 Å². The molecule has 1 rings (SSSR count). The summed E-state index contributed by atoms with van der Waals surface area (Å²) >= 11 is 0. The summed E-state index contributed by atoms with van der Waals surface area (Å²) in [6, 6.07) is 0. The first kappa shape index (κ1) is 16.4. The lowest BCUT2D eigenvalue weighted by Crippen LogP contribution is -2.41. The molecule has 0 spiro atoms.